The topological polar surface area (TPSA) is 114 Å². The SMILES string of the molecule is C=CC(=O)N1CCC[C@@H](Nc2ncnc(N)c2C(O)c2ccc(Oc3ccccc3)cc2)C1. The van der Waals surface area contributed by atoms with E-state index in [1.165, 1.54) is 12.4 Å². The zero-order chi connectivity index (χ0) is 23.2. The van der Waals surface area contributed by atoms with E-state index in [2.05, 4.69) is 21.9 Å². The number of hydrogen-bond donors (Lipinski definition) is 3. The summed E-state index contributed by atoms with van der Waals surface area (Å²) in [5.41, 5.74) is 7.18. The summed E-state index contributed by atoms with van der Waals surface area (Å²) in [5, 5.41) is 14.5. The zero-order valence-corrected chi connectivity index (χ0v) is 18.2. The van der Waals surface area contributed by atoms with Crippen molar-refractivity contribution >= 4 is 17.5 Å². The van der Waals surface area contributed by atoms with Crippen molar-refractivity contribution < 1.29 is 14.6 Å². The number of carbonyl (C=O) groups is 1. The number of piperidine rings is 1. The number of aromatic nitrogens is 2. The van der Waals surface area contributed by atoms with Crippen molar-refractivity contribution in [1.29, 1.82) is 0 Å². The van der Waals surface area contributed by atoms with Gasteiger partial charge in [-0.05, 0) is 48.7 Å². The van der Waals surface area contributed by atoms with E-state index in [1.54, 1.807) is 29.2 Å². The number of carbonyl (C=O) groups excluding carboxylic acids is 1. The number of amides is 1. The molecule has 3 aromatic rings. The summed E-state index contributed by atoms with van der Waals surface area (Å²) in [6.07, 6.45) is 3.38. The molecule has 1 aliphatic heterocycles. The van der Waals surface area contributed by atoms with Crippen molar-refractivity contribution in [2.45, 2.75) is 25.0 Å². The van der Waals surface area contributed by atoms with Gasteiger partial charge >= 0.3 is 0 Å². The molecule has 0 saturated carbocycles. The molecule has 4 rings (SSSR count). The first-order valence-corrected chi connectivity index (χ1v) is 10.8. The van der Waals surface area contributed by atoms with Gasteiger partial charge in [0.25, 0.3) is 0 Å². The van der Waals surface area contributed by atoms with Crippen molar-refractivity contribution in [3.8, 4) is 11.5 Å². The van der Waals surface area contributed by atoms with Crippen LogP contribution in [0.1, 0.15) is 30.1 Å². The van der Waals surface area contributed by atoms with Crippen molar-refractivity contribution in [3.63, 3.8) is 0 Å². The second kappa shape index (κ2) is 10.1. The number of likely N-dealkylation sites (tertiary alicyclic amines) is 1. The highest BCUT2D eigenvalue weighted by atomic mass is 16.5. The Labute approximate surface area is 192 Å². The fourth-order valence-electron chi connectivity index (χ4n) is 3.92. The van der Waals surface area contributed by atoms with Gasteiger partial charge in [-0.2, -0.15) is 0 Å². The molecule has 1 unspecified atom stereocenters. The summed E-state index contributed by atoms with van der Waals surface area (Å²) in [6.45, 7) is 4.79. The molecule has 0 bridgehead atoms. The Morgan fingerprint density at radius 3 is 2.64 bits per heavy atom. The molecule has 2 heterocycles. The molecule has 0 radical (unpaired) electrons. The largest absolute Gasteiger partial charge is 0.457 e. The van der Waals surface area contributed by atoms with Gasteiger partial charge in [0.05, 0.1) is 5.56 Å². The van der Waals surface area contributed by atoms with Crippen LogP contribution in [0.3, 0.4) is 0 Å². The lowest BCUT2D eigenvalue weighted by Gasteiger charge is -2.33. The maximum absolute atomic E-state index is 12.0. The van der Waals surface area contributed by atoms with Crippen LogP contribution in [0, 0.1) is 0 Å². The number of aliphatic hydroxyl groups is 1. The van der Waals surface area contributed by atoms with Gasteiger partial charge in [0.1, 0.15) is 35.6 Å². The number of para-hydroxylation sites is 1. The first-order valence-electron chi connectivity index (χ1n) is 10.8. The average Bonchev–Trinajstić information content (AvgIpc) is 2.84. The molecule has 33 heavy (non-hydrogen) atoms. The minimum absolute atomic E-state index is 0.0236. The number of nitrogen functional groups attached to an aromatic ring is 1. The molecule has 4 N–H and O–H groups in total. The van der Waals surface area contributed by atoms with Crippen molar-refractivity contribution in [2.75, 3.05) is 24.1 Å². The van der Waals surface area contributed by atoms with Crippen LogP contribution in [0.15, 0.2) is 73.6 Å². The van der Waals surface area contributed by atoms with Crippen LogP contribution in [0.5, 0.6) is 11.5 Å². The second-order valence-corrected chi connectivity index (χ2v) is 7.88. The first-order chi connectivity index (χ1) is 16.0. The summed E-state index contributed by atoms with van der Waals surface area (Å²) in [7, 11) is 0. The number of rotatable bonds is 7. The Balaban J connectivity index is 1.51. The van der Waals surface area contributed by atoms with E-state index >= 15 is 0 Å². The third-order valence-corrected chi connectivity index (χ3v) is 5.61. The summed E-state index contributed by atoms with van der Waals surface area (Å²) in [5.74, 6) is 1.94. The zero-order valence-electron chi connectivity index (χ0n) is 18.2. The Kier molecular flexibility index (Phi) is 6.85. The minimum atomic E-state index is -1.03. The smallest absolute Gasteiger partial charge is 0.246 e. The van der Waals surface area contributed by atoms with Crippen molar-refractivity contribution in [1.82, 2.24) is 14.9 Å². The molecule has 1 amide bonds. The molecular formula is C25H27N5O3. The lowest BCUT2D eigenvalue weighted by Crippen LogP contribution is -2.44. The van der Waals surface area contributed by atoms with Gasteiger partial charge < -0.3 is 25.8 Å². The van der Waals surface area contributed by atoms with Gasteiger partial charge in [-0.1, -0.05) is 36.9 Å². The highest BCUT2D eigenvalue weighted by molar-refractivity contribution is 5.87. The Morgan fingerprint density at radius 2 is 1.91 bits per heavy atom. The molecule has 1 saturated heterocycles. The summed E-state index contributed by atoms with van der Waals surface area (Å²) in [4.78, 5) is 22.2. The number of nitrogens with two attached hydrogens (primary N) is 1. The summed E-state index contributed by atoms with van der Waals surface area (Å²) >= 11 is 0. The highest BCUT2D eigenvalue weighted by Gasteiger charge is 2.26. The number of hydrogen-bond acceptors (Lipinski definition) is 7. The Morgan fingerprint density at radius 1 is 1.18 bits per heavy atom. The van der Waals surface area contributed by atoms with Crippen molar-refractivity contribution in [3.05, 3.63) is 84.7 Å². The maximum atomic E-state index is 12.0. The summed E-state index contributed by atoms with van der Waals surface area (Å²) < 4.78 is 5.82. The number of nitrogens with one attached hydrogen (secondary N) is 1. The quantitative estimate of drug-likeness (QED) is 0.477. The monoisotopic (exact) mass is 445 g/mol. The number of nitrogens with zero attached hydrogens (tertiary/aromatic N) is 3. The minimum Gasteiger partial charge on any atom is -0.457 e. The molecule has 2 atom stereocenters. The van der Waals surface area contributed by atoms with Crippen molar-refractivity contribution in [2.24, 2.45) is 0 Å². The molecule has 0 aliphatic carbocycles. The average molecular weight is 446 g/mol. The van der Waals surface area contributed by atoms with Crippen LogP contribution in [0.25, 0.3) is 0 Å². The molecular weight excluding hydrogens is 418 g/mol. The number of aliphatic hydroxyl groups excluding tert-OH is 1. The van der Waals surface area contributed by atoms with Gasteiger partial charge in [0, 0.05) is 19.1 Å². The van der Waals surface area contributed by atoms with Crippen LogP contribution < -0.4 is 15.8 Å². The van der Waals surface area contributed by atoms with E-state index in [4.69, 9.17) is 10.5 Å². The normalized spacial score (nSPS) is 16.6. The third kappa shape index (κ3) is 5.30. The molecule has 1 aliphatic rings. The van der Waals surface area contributed by atoms with Crippen LogP contribution in [0.4, 0.5) is 11.6 Å². The highest BCUT2D eigenvalue weighted by Crippen LogP contribution is 2.33. The van der Waals surface area contributed by atoms with Gasteiger partial charge in [-0.3, -0.25) is 4.79 Å². The predicted molar refractivity (Wildman–Crippen MR) is 127 cm³/mol. The van der Waals surface area contributed by atoms with Crippen LogP contribution in [-0.2, 0) is 4.79 Å². The second-order valence-electron chi connectivity index (χ2n) is 7.88. The molecule has 0 spiro atoms. The van der Waals surface area contributed by atoms with Crippen LogP contribution >= 0.6 is 0 Å². The van der Waals surface area contributed by atoms with Gasteiger partial charge in [0.15, 0.2) is 0 Å². The Bertz CT molecular complexity index is 1100. The molecule has 2 aromatic carbocycles. The molecule has 8 heteroatoms. The molecule has 170 valence electrons. The maximum Gasteiger partial charge on any atom is 0.246 e. The van der Waals surface area contributed by atoms with Crippen LogP contribution in [0.2, 0.25) is 0 Å². The van der Waals surface area contributed by atoms with Crippen LogP contribution in [-0.4, -0.2) is 45.0 Å². The predicted octanol–water partition coefficient (Wildman–Crippen LogP) is 3.52. The van der Waals surface area contributed by atoms with E-state index in [-0.39, 0.29) is 17.8 Å². The van der Waals surface area contributed by atoms with Gasteiger partial charge in [-0.25, -0.2) is 9.97 Å². The number of ether oxygens (including phenoxy) is 1. The fourth-order valence-corrected chi connectivity index (χ4v) is 3.92. The van der Waals surface area contributed by atoms with E-state index in [1.807, 2.05) is 30.3 Å². The first kappa shape index (κ1) is 22.3. The van der Waals surface area contributed by atoms with E-state index in [0.29, 0.717) is 35.8 Å². The lowest BCUT2D eigenvalue weighted by atomic mass is 10.0. The van der Waals surface area contributed by atoms with Gasteiger partial charge in [-0.15, -0.1) is 0 Å². The van der Waals surface area contributed by atoms with E-state index in [9.17, 15) is 9.90 Å². The fraction of sp³-hybridized carbons (Fsp3) is 0.240. The van der Waals surface area contributed by atoms with E-state index < -0.39 is 6.10 Å². The summed E-state index contributed by atoms with van der Waals surface area (Å²) in [6, 6.07) is 16.6. The third-order valence-electron chi connectivity index (χ3n) is 5.61. The number of benzene rings is 2. The van der Waals surface area contributed by atoms with Gasteiger partial charge in [0.2, 0.25) is 5.91 Å². The standard InChI is InChI=1S/C25H27N5O3/c1-2-21(31)30-14-6-7-18(15-30)29-25-22(24(26)27-16-28-25)23(32)17-10-12-20(13-11-17)33-19-8-4-3-5-9-19/h2-5,8-13,16,18,23,32H,1,6-7,14-15H2,(H3,26,27,28,29)/t18-,23?/m1/s1. The lowest BCUT2D eigenvalue weighted by molar-refractivity contribution is -0.127. The molecule has 1 fully saturated rings. The number of anilines is 2. The Hall–Kier alpha value is -3.91. The van der Waals surface area contributed by atoms with E-state index in [0.717, 1.165) is 18.6 Å². The molecule has 1 aromatic heterocycles. The molecule has 8 nitrogen and oxygen atoms in total.